The molecule has 1 N–H and O–H groups in total. The van der Waals surface area contributed by atoms with Gasteiger partial charge in [0.1, 0.15) is 0 Å². The monoisotopic (exact) mass is 291 g/mol. The van der Waals surface area contributed by atoms with Gasteiger partial charge in [-0.05, 0) is 44.2 Å². The molecule has 0 aromatic heterocycles. The van der Waals surface area contributed by atoms with Crippen LogP contribution in [0.5, 0.6) is 0 Å². The molecule has 20 heavy (non-hydrogen) atoms. The van der Waals surface area contributed by atoms with Crippen molar-refractivity contribution in [2.45, 2.75) is 57.4 Å². The standard InChI is InChI=1S/C17H25NOS/c1-12-8-9-16(14(3)10-12)20-11-17(19)18-15-7-5-4-6-13(15)2/h8-10,13,15H,4-7,11H2,1-3H3,(H,18,19)/t13-,15-/m1/s1. The fourth-order valence-corrected chi connectivity index (χ4v) is 3.70. The van der Waals surface area contributed by atoms with Gasteiger partial charge in [-0.25, -0.2) is 0 Å². The summed E-state index contributed by atoms with van der Waals surface area (Å²) in [6, 6.07) is 6.78. The molecule has 0 unspecified atom stereocenters. The molecule has 1 fully saturated rings. The molecule has 0 heterocycles. The number of amides is 1. The zero-order chi connectivity index (χ0) is 14.5. The van der Waals surface area contributed by atoms with Crippen LogP contribution in [0.4, 0.5) is 0 Å². The highest BCUT2D eigenvalue weighted by atomic mass is 32.2. The van der Waals surface area contributed by atoms with E-state index in [1.54, 1.807) is 11.8 Å². The van der Waals surface area contributed by atoms with Crippen molar-refractivity contribution in [1.82, 2.24) is 5.32 Å². The van der Waals surface area contributed by atoms with Gasteiger partial charge in [-0.2, -0.15) is 0 Å². The second kappa shape index (κ2) is 7.16. The van der Waals surface area contributed by atoms with Crippen molar-refractivity contribution in [2.24, 2.45) is 5.92 Å². The Kier molecular flexibility index (Phi) is 5.53. The van der Waals surface area contributed by atoms with Gasteiger partial charge in [0.05, 0.1) is 5.75 Å². The number of thioether (sulfide) groups is 1. The maximum absolute atomic E-state index is 12.1. The number of benzene rings is 1. The molecule has 0 bridgehead atoms. The fraction of sp³-hybridized carbons (Fsp3) is 0.588. The maximum atomic E-state index is 12.1. The highest BCUT2D eigenvalue weighted by Gasteiger charge is 2.22. The van der Waals surface area contributed by atoms with Gasteiger partial charge in [0, 0.05) is 10.9 Å². The Bertz CT molecular complexity index is 472. The number of carbonyl (C=O) groups excluding carboxylic acids is 1. The van der Waals surface area contributed by atoms with Crippen molar-refractivity contribution >= 4 is 17.7 Å². The molecule has 2 rings (SSSR count). The molecule has 0 saturated heterocycles. The summed E-state index contributed by atoms with van der Waals surface area (Å²) >= 11 is 1.64. The van der Waals surface area contributed by atoms with E-state index < -0.39 is 0 Å². The first kappa shape index (κ1) is 15.4. The largest absolute Gasteiger partial charge is 0.352 e. The van der Waals surface area contributed by atoms with Gasteiger partial charge in [0.15, 0.2) is 0 Å². The third kappa shape index (κ3) is 4.27. The van der Waals surface area contributed by atoms with Crippen LogP contribution in [-0.2, 0) is 4.79 Å². The van der Waals surface area contributed by atoms with Gasteiger partial charge in [0.25, 0.3) is 0 Å². The summed E-state index contributed by atoms with van der Waals surface area (Å²) in [5.74, 6) is 1.32. The zero-order valence-electron chi connectivity index (χ0n) is 12.7. The molecule has 3 heteroatoms. The first-order valence-electron chi connectivity index (χ1n) is 7.55. The van der Waals surface area contributed by atoms with Crippen LogP contribution < -0.4 is 5.32 Å². The minimum Gasteiger partial charge on any atom is -0.352 e. The number of aryl methyl sites for hydroxylation is 2. The normalized spacial score (nSPS) is 22.6. The van der Waals surface area contributed by atoms with Gasteiger partial charge in [-0.15, -0.1) is 11.8 Å². The van der Waals surface area contributed by atoms with Crippen LogP contribution in [0.3, 0.4) is 0 Å². The molecular formula is C17H25NOS. The zero-order valence-corrected chi connectivity index (χ0v) is 13.6. The van der Waals surface area contributed by atoms with E-state index in [1.165, 1.54) is 35.3 Å². The molecule has 1 saturated carbocycles. The molecule has 1 aromatic carbocycles. The number of nitrogens with one attached hydrogen (secondary N) is 1. The van der Waals surface area contributed by atoms with Crippen LogP contribution in [0.1, 0.15) is 43.7 Å². The van der Waals surface area contributed by atoms with Crippen LogP contribution in [0.15, 0.2) is 23.1 Å². The van der Waals surface area contributed by atoms with Gasteiger partial charge in [-0.1, -0.05) is 37.5 Å². The minimum absolute atomic E-state index is 0.175. The number of rotatable bonds is 4. The summed E-state index contributed by atoms with van der Waals surface area (Å²) in [6.45, 7) is 6.45. The van der Waals surface area contributed by atoms with E-state index in [1.807, 2.05) is 0 Å². The SMILES string of the molecule is Cc1ccc(SCC(=O)N[C@@H]2CCCC[C@H]2C)c(C)c1. The lowest BCUT2D eigenvalue weighted by atomic mass is 9.86. The van der Waals surface area contributed by atoms with E-state index in [4.69, 9.17) is 0 Å². The second-order valence-electron chi connectivity index (χ2n) is 5.99. The summed E-state index contributed by atoms with van der Waals surface area (Å²) in [4.78, 5) is 13.3. The molecule has 2 atom stereocenters. The van der Waals surface area contributed by atoms with Crippen LogP contribution in [-0.4, -0.2) is 17.7 Å². The Labute approximate surface area is 126 Å². The molecule has 110 valence electrons. The van der Waals surface area contributed by atoms with Gasteiger partial charge < -0.3 is 5.32 Å². The Hall–Kier alpha value is -0.960. The van der Waals surface area contributed by atoms with Gasteiger partial charge in [-0.3, -0.25) is 4.79 Å². The van der Waals surface area contributed by atoms with Crippen molar-refractivity contribution < 1.29 is 4.79 Å². The van der Waals surface area contributed by atoms with Crippen molar-refractivity contribution in [3.05, 3.63) is 29.3 Å². The van der Waals surface area contributed by atoms with Crippen molar-refractivity contribution in [2.75, 3.05) is 5.75 Å². The lowest BCUT2D eigenvalue weighted by Gasteiger charge is -2.29. The summed E-state index contributed by atoms with van der Waals surface area (Å²) in [5.41, 5.74) is 2.53. The molecule has 1 aliphatic rings. The lowest BCUT2D eigenvalue weighted by Crippen LogP contribution is -2.41. The molecule has 1 aromatic rings. The van der Waals surface area contributed by atoms with E-state index in [2.05, 4.69) is 44.3 Å². The van der Waals surface area contributed by atoms with E-state index in [9.17, 15) is 4.79 Å². The van der Waals surface area contributed by atoms with Gasteiger partial charge >= 0.3 is 0 Å². The number of carbonyl (C=O) groups is 1. The maximum Gasteiger partial charge on any atom is 0.230 e. The van der Waals surface area contributed by atoms with Crippen LogP contribution >= 0.6 is 11.8 Å². The Morgan fingerprint density at radius 3 is 2.75 bits per heavy atom. The lowest BCUT2D eigenvalue weighted by molar-refractivity contribution is -0.119. The van der Waals surface area contributed by atoms with Crippen molar-refractivity contribution in [3.63, 3.8) is 0 Å². The molecule has 2 nitrogen and oxygen atoms in total. The molecule has 0 aliphatic heterocycles. The molecule has 1 aliphatic carbocycles. The van der Waals surface area contributed by atoms with Crippen LogP contribution in [0, 0.1) is 19.8 Å². The molecular weight excluding hydrogens is 266 g/mol. The number of hydrogen-bond donors (Lipinski definition) is 1. The first-order valence-corrected chi connectivity index (χ1v) is 8.54. The Balaban J connectivity index is 1.82. The highest BCUT2D eigenvalue weighted by Crippen LogP contribution is 2.25. The third-order valence-corrected chi connectivity index (χ3v) is 5.32. The van der Waals surface area contributed by atoms with Gasteiger partial charge in [0.2, 0.25) is 5.91 Å². The average molecular weight is 291 g/mol. The smallest absolute Gasteiger partial charge is 0.230 e. The Morgan fingerprint density at radius 2 is 2.05 bits per heavy atom. The fourth-order valence-electron chi connectivity index (χ4n) is 2.88. The second-order valence-corrected chi connectivity index (χ2v) is 7.01. The third-order valence-electron chi connectivity index (χ3n) is 4.15. The number of hydrogen-bond acceptors (Lipinski definition) is 2. The molecule has 0 radical (unpaired) electrons. The highest BCUT2D eigenvalue weighted by molar-refractivity contribution is 8.00. The van der Waals surface area contributed by atoms with E-state index in [-0.39, 0.29) is 5.91 Å². The molecule has 1 amide bonds. The first-order chi connectivity index (χ1) is 9.56. The summed E-state index contributed by atoms with van der Waals surface area (Å²) in [6.07, 6.45) is 4.95. The summed E-state index contributed by atoms with van der Waals surface area (Å²) < 4.78 is 0. The average Bonchev–Trinajstić information content (AvgIpc) is 2.40. The van der Waals surface area contributed by atoms with Crippen molar-refractivity contribution in [3.8, 4) is 0 Å². The topological polar surface area (TPSA) is 29.1 Å². The van der Waals surface area contributed by atoms with Crippen LogP contribution in [0.2, 0.25) is 0 Å². The van der Waals surface area contributed by atoms with E-state index in [0.717, 1.165) is 6.42 Å². The van der Waals surface area contributed by atoms with E-state index in [0.29, 0.717) is 17.7 Å². The predicted octanol–water partition coefficient (Wildman–Crippen LogP) is 4.09. The summed E-state index contributed by atoms with van der Waals surface area (Å²) in [5, 5.41) is 3.21. The van der Waals surface area contributed by atoms with Crippen molar-refractivity contribution in [1.29, 1.82) is 0 Å². The van der Waals surface area contributed by atoms with E-state index >= 15 is 0 Å². The minimum atomic E-state index is 0.175. The van der Waals surface area contributed by atoms with Crippen LogP contribution in [0.25, 0.3) is 0 Å². The molecule has 0 spiro atoms. The quantitative estimate of drug-likeness (QED) is 0.847. The predicted molar refractivity (Wildman–Crippen MR) is 86.2 cm³/mol. The summed E-state index contributed by atoms with van der Waals surface area (Å²) in [7, 11) is 0. The Morgan fingerprint density at radius 1 is 1.30 bits per heavy atom.